The molecule has 1 heterocycles. The number of nitrogens with zero attached hydrogens (tertiary/aromatic N) is 2. The van der Waals surface area contributed by atoms with Gasteiger partial charge < -0.3 is 25.4 Å². The van der Waals surface area contributed by atoms with Crippen LogP contribution >= 0.6 is 0 Å². The summed E-state index contributed by atoms with van der Waals surface area (Å²) in [5, 5.41) is 8.59. The molecule has 1 aromatic heterocycles. The van der Waals surface area contributed by atoms with Gasteiger partial charge in [0.25, 0.3) is 0 Å². The highest BCUT2D eigenvalue weighted by molar-refractivity contribution is 5.91. The molecule has 12 heteroatoms. The number of hydrogen-bond acceptors (Lipinski definition) is 8. The predicted octanol–water partition coefficient (Wildman–Crippen LogP) is 5.46. The summed E-state index contributed by atoms with van der Waals surface area (Å²) in [5.74, 6) is -1.08. The minimum Gasteiger partial charge on any atom is -0.495 e. The van der Waals surface area contributed by atoms with Crippen molar-refractivity contribution in [1.82, 2.24) is 15.3 Å². The van der Waals surface area contributed by atoms with Crippen LogP contribution in [0.3, 0.4) is 0 Å². The van der Waals surface area contributed by atoms with E-state index in [0.717, 1.165) is 18.4 Å². The quantitative estimate of drug-likeness (QED) is 0.297. The third kappa shape index (κ3) is 7.39. The Kier molecular flexibility index (Phi) is 9.08. The maximum absolute atomic E-state index is 13.8. The van der Waals surface area contributed by atoms with E-state index in [1.54, 1.807) is 0 Å². The smallest absolute Gasteiger partial charge is 0.421 e. The summed E-state index contributed by atoms with van der Waals surface area (Å²) >= 11 is 0. The van der Waals surface area contributed by atoms with Gasteiger partial charge in [-0.25, -0.2) is 9.78 Å². The highest BCUT2D eigenvalue weighted by Crippen LogP contribution is 2.36. The molecule has 9 nitrogen and oxygen atoms in total. The van der Waals surface area contributed by atoms with Crippen LogP contribution in [0.1, 0.15) is 54.1 Å². The summed E-state index contributed by atoms with van der Waals surface area (Å²) in [6.45, 7) is 1.47. The fourth-order valence-electron chi connectivity index (χ4n) is 4.52. The van der Waals surface area contributed by atoms with Crippen LogP contribution in [0.25, 0.3) is 0 Å². The molecule has 1 aliphatic carbocycles. The van der Waals surface area contributed by atoms with Crippen LogP contribution in [0.2, 0.25) is 0 Å². The standard InChI is InChI=1S/C28H30F3N5O4/c1-17(37)33-21-10-6-7-11-22(21)34-25-20(28(29,30)31)15-32-27(36-25)35-23-13-12-19(14-24(23)39-2)26(38)40-16-18-8-4-3-5-9-18/h3-5,8-9,12-15,21-22H,6-7,10-11,16H2,1-2H3,(H,33,37)(H2,32,34,35,36)/t21-,22?/m1/s1. The highest BCUT2D eigenvalue weighted by atomic mass is 19.4. The van der Waals surface area contributed by atoms with E-state index >= 15 is 0 Å². The van der Waals surface area contributed by atoms with Gasteiger partial charge in [0.2, 0.25) is 11.9 Å². The first kappa shape index (κ1) is 28.7. The Labute approximate surface area is 229 Å². The predicted molar refractivity (Wildman–Crippen MR) is 142 cm³/mol. The molecule has 4 rings (SSSR count). The number of methoxy groups -OCH3 is 1. The second-order valence-corrected chi connectivity index (χ2v) is 9.40. The summed E-state index contributed by atoms with van der Waals surface area (Å²) in [4.78, 5) is 32.2. The number of rotatable bonds is 9. The molecule has 2 atom stereocenters. The van der Waals surface area contributed by atoms with Crippen molar-refractivity contribution in [2.24, 2.45) is 0 Å². The van der Waals surface area contributed by atoms with Crippen LogP contribution in [0.4, 0.5) is 30.6 Å². The molecule has 1 saturated carbocycles. The van der Waals surface area contributed by atoms with Crippen LogP contribution in [-0.4, -0.2) is 41.0 Å². The van der Waals surface area contributed by atoms with Gasteiger partial charge in [-0.15, -0.1) is 0 Å². The molecule has 1 unspecified atom stereocenters. The van der Waals surface area contributed by atoms with Gasteiger partial charge >= 0.3 is 12.1 Å². The number of esters is 1. The average Bonchev–Trinajstić information content (AvgIpc) is 2.93. The number of amides is 1. The Morgan fingerprint density at radius 1 is 1.05 bits per heavy atom. The number of anilines is 3. The van der Waals surface area contributed by atoms with Crippen molar-refractivity contribution < 1.29 is 32.2 Å². The van der Waals surface area contributed by atoms with E-state index in [1.807, 2.05) is 30.3 Å². The van der Waals surface area contributed by atoms with E-state index in [4.69, 9.17) is 9.47 Å². The number of alkyl halides is 3. The van der Waals surface area contributed by atoms with E-state index in [-0.39, 0.29) is 35.8 Å². The number of benzene rings is 2. The minimum atomic E-state index is -4.70. The fourth-order valence-corrected chi connectivity index (χ4v) is 4.52. The van der Waals surface area contributed by atoms with E-state index in [1.165, 1.54) is 32.2 Å². The van der Waals surface area contributed by atoms with Crippen molar-refractivity contribution in [2.75, 3.05) is 17.7 Å². The van der Waals surface area contributed by atoms with E-state index < -0.39 is 29.6 Å². The number of carbonyl (C=O) groups excluding carboxylic acids is 2. The summed E-state index contributed by atoms with van der Waals surface area (Å²) in [7, 11) is 1.39. The molecule has 1 amide bonds. The second-order valence-electron chi connectivity index (χ2n) is 9.40. The molecule has 1 aliphatic rings. The lowest BCUT2D eigenvalue weighted by Crippen LogP contribution is -2.48. The lowest BCUT2D eigenvalue weighted by molar-refractivity contribution is -0.137. The van der Waals surface area contributed by atoms with Gasteiger partial charge in [-0.3, -0.25) is 4.79 Å². The first-order valence-corrected chi connectivity index (χ1v) is 12.8. The van der Waals surface area contributed by atoms with E-state index in [9.17, 15) is 22.8 Å². The molecule has 3 aromatic rings. The van der Waals surface area contributed by atoms with Crippen molar-refractivity contribution in [1.29, 1.82) is 0 Å². The Bertz CT molecular complexity index is 1340. The van der Waals surface area contributed by atoms with Gasteiger partial charge in [-0.2, -0.15) is 18.2 Å². The fraction of sp³-hybridized carbons (Fsp3) is 0.357. The molecular weight excluding hydrogens is 527 g/mol. The first-order valence-electron chi connectivity index (χ1n) is 12.8. The van der Waals surface area contributed by atoms with Gasteiger partial charge in [-0.1, -0.05) is 43.2 Å². The van der Waals surface area contributed by atoms with Crippen molar-refractivity contribution in [3.63, 3.8) is 0 Å². The van der Waals surface area contributed by atoms with Gasteiger partial charge in [0, 0.05) is 25.2 Å². The molecule has 212 valence electrons. The topological polar surface area (TPSA) is 114 Å². The maximum Gasteiger partial charge on any atom is 0.421 e. The van der Waals surface area contributed by atoms with Crippen molar-refractivity contribution in [3.05, 3.63) is 71.4 Å². The molecule has 1 fully saturated rings. The molecule has 2 aromatic carbocycles. The summed E-state index contributed by atoms with van der Waals surface area (Å²) < 4.78 is 52.2. The molecule has 0 saturated heterocycles. The monoisotopic (exact) mass is 557 g/mol. The van der Waals surface area contributed by atoms with E-state index in [0.29, 0.717) is 24.7 Å². The Morgan fingerprint density at radius 2 is 1.77 bits per heavy atom. The van der Waals surface area contributed by atoms with Crippen LogP contribution in [0.15, 0.2) is 54.7 Å². The third-order valence-corrected chi connectivity index (χ3v) is 6.47. The number of ether oxygens (including phenoxy) is 2. The lowest BCUT2D eigenvalue weighted by Gasteiger charge is -2.33. The first-order chi connectivity index (χ1) is 19.1. The molecule has 0 spiro atoms. The van der Waals surface area contributed by atoms with Crippen molar-refractivity contribution in [3.8, 4) is 5.75 Å². The molecule has 0 radical (unpaired) electrons. The summed E-state index contributed by atoms with van der Waals surface area (Å²) in [6, 6.07) is 12.9. The van der Waals surface area contributed by atoms with Crippen LogP contribution in [0, 0.1) is 0 Å². The zero-order valence-electron chi connectivity index (χ0n) is 22.0. The molecule has 3 N–H and O–H groups in total. The SMILES string of the molecule is COc1cc(C(=O)OCc2ccccc2)ccc1Nc1ncc(C(F)(F)F)c(NC2CCCC[C@H]2NC(C)=O)n1. The Hall–Kier alpha value is -4.35. The summed E-state index contributed by atoms with van der Waals surface area (Å²) in [5.41, 5.74) is 0.382. The average molecular weight is 558 g/mol. The third-order valence-electron chi connectivity index (χ3n) is 6.47. The zero-order chi connectivity index (χ0) is 28.7. The number of nitrogens with one attached hydrogen (secondary N) is 3. The second kappa shape index (κ2) is 12.7. The van der Waals surface area contributed by atoms with Crippen LogP contribution in [-0.2, 0) is 22.3 Å². The zero-order valence-corrected chi connectivity index (χ0v) is 22.0. The highest BCUT2D eigenvalue weighted by Gasteiger charge is 2.37. The summed E-state index contributed by atoms with van der Waals surface area (Å²) in [6.07, 6.45) is -1.10. The van der Waals surface area contributed by atoms with Gasteiger partial charge in [0.15, 0.2) is 0 Å². The molecule has 0 bridgehead atoms. The normalized spacial score (nSPS) is 17.0. The molecular formula is C28H30F3N5O4. The molecule has 40 heavy (non-hydrogen) atoms. The number of halogens is 3. The minimum absolute atomic E-state index is 0.0982. The lowest BCUT2D eigenvalue weighted by atomic mass is 9.90. The van der Waals surface area contributed by atoms with E-state index in [2.05, 4.69) is 25.9 Å². The van der Waals surface area contributed by atoms with Gasteiger partial charge in [0.05, 0.1) is 18.4 Å². The van der Waals surface area contributed by atoms with Crippen LogP contribution in [0.5, 0.6) is 5.75 Å². The van der Waals surface area contributed by atoms with Crippen molar-refractivity contribution >= 4 is 29.3 Å². The van der Waals surface area contributed by atoms with Gasteiger partial charge in [-0.05, 0) is 36.6 Å². The maximum atomic E-state index is 13.8. The number of carbonyl (C=O) groups is 2. The Balaban J connectivity index is 1.53. The number of hydrogen-bond donors (Lipinski definition) is 3. The molecule has 0 aliphatic heterocycles. The Morgan fingerprint density at radius 3 is 2.45 bits per heavy atom. The largest absolute Gasteiger partial charge is 0.495 e. The van der Waals surface area contributed by atoms with Crippen molar-refractivity contribution in [2.45, 2.75) is 57.5 Å². The number of aromatic nitrogens is 2. The van der Waals surface area contributed by atoms with Gasteiger partial charge in [0.1, 0.15) is 23.7 Å². The van der Waals surface area contributed by atoms with Crippen LogP contribution < -0.4 is 20.7 Å².